The van der Waals surface area contributed by atoms with Crippen molar-refractivity contribution in [3.63, 3.8) is 0 Å². The Hall–Kier alpha value is -4.91. The molecule has 5 aromatic rings. The zero-order chi connectivity index (χ0) is 27.1. The Morgan fingerprint density at radius 3 is 2.28 bits per heavy atom. The fourth-order valence-corrected chi connectivity index (χ4v) is 4.99. The number of phenols is 1. The second kappa shape index (κ2) is 9.44. The number of rotatable bonds is 6. The Morgan fingerprint density at radius 2 is 1.59 bits per heavy atom. The number of aromatic hydroxyl groups is 1. The van der Waals surface area contributed by atoms with Gasteiger partial charge in [0.05, 0.1) is 11.1 Å². The number of fused-ring (bicyclic) bond motifs is 1. The quantitative estimate of drug-likeness (QED) is 0.242. The summed E-state index contributed by atoms with van der Waals surface area (Å²) in [6.07, 6.45) is 1.73. The highest BCUT2D eigenvalue weighted by atomic mass is 19.1. The highest BCUT2D eigenvalue weighted by Gasteiger charge is 2.45. The Morgan fingerprint density at radius 1 is 0.872 bits per heavy atom. The Balaban J connectivity index is 1.39. The highest BCUT2D eigenvalue weighted by molar-refractivity contribution is 6.12. The molecule has 2 amide bonds. The molecule has 0 saturated heterocycles. The SMILES string of the molecule is CNC(=O)c1c(-c2ccc(F)cc2)oc2ccc(-c3cc(C(=O)NC4(c5ccccc5)CC4)ccc3O)cc12. The van der Waals surface area contributed by atoms with Crippen molar-refractivity contribution in [1.82, 2.24) is 10.6 Å². The van der Waals surface area contributed by atoms with Crippen LogP contribution in [-0.2, 0) is 5.54 Å². The molecule has 7 heteroatoms. The van der Waals surface area contributed by atoms with Crippen LogP contribution in [0, 0.1) is 5.82 Å². The first-order valence-electron chi connectivity index (χ1n) is 12.6. The smallest absolute Gasteiger partial charge is 0.255 e. The van der Waals surface area contributed by atoms with Crippen molar-refractivity contribution in [3.8, 4) is 28.2 Å². The van der Waals surface area contributed by atoms with E-state index in [1.54, 1.807) is 42.5 Å². The van der Waals surface area contributed by atoms with Crippen LogP contribution in [0.4, 0.5) is 4.39 Å². The number of amides is 2. The number of carbonyl (C=O) groups is 2. The second-order valence-electron chi connectivity index (χ2n) is 9.74. The first kappa shape index (κ1) is 24.4. The molecular formula is C32H25FN2O4. The zero-order valence-corrected chi connectivity index (χ0v) is 21.1. The Kier molecular flexibility index (Phi) is 5.91. The number of halogens is 1. The van der Waals surface area contributed by atoms with Crippen LogP contribution in [0.1, 0.15) is 39.1 Å². The summed E-state index contributed by atoms with van der Waals surface area (Å²) in [6, 6.07) is 25.6. The first-order valence-corrected chi connectivity index (χ1v) is 12.6. The molecule has 0 atom stereocenters. The molecule has 0 unspecified atom stereocenters. The van der Waals surface area contributed by atoms with Crippen LogP contribution in [0.25, 0.3) is 33.4 Å². The standard InChI is InChI=1S/C32H25FN2O4/c1-34-31(38)28-25-17-20(10-14-27(25)39-29(28)19-7-11-23(33)12-8-19)24-18-21(9-13-26(24)36)30(37)35-32(15-16-32)22-5-3-2-4-6-22/h2-14,17-18,36H,15-16H2,1H3,(H,34,38)(H,35,37). The summed E-state index contributed by atoms with van der Waals surface area (Å²) in [7, 11) is 1.52. The molecule has 1 saturated carbocycles. The summed E-state index contributed by atoms with van der Waals surface area (Å²) in [5.74, 6) is -0.674. The lowest BCUT2D eigenvalue weighted by Crippen LogP contribution is -2.34. The molecule has 39 heavy (non-hydrogen) atoms. The second-order valence-corrected chi connectivity index (χ2v) is 9.74. The van der Waals surface area contributed by atoms with Gasteiger partial charge in [-0.3, -0.25) is 9.59 Å². The van der Waals surface area contributed by atoms with Crippen LogP contribution in [0.15, 0.2) is 95.4 Å². The monoisotopic (exact) mass is 520 g/mol. The minimum Gasteiger partial charge on any atom is -0.507 e. The van der Waals surface area contributed by atoms with Crippen molar-refractivity contribution in [2.45, 2.75) is 18.4 Å². The van der Waals surface area contributed by atoms with E-state index in [4.69, 9.17) is 4.42 Å². The van der Waals surface area contributed by atoms with Gasteiger partial charge in [-0.1, -0.05) is 36.4 Å². The van der Waals surface area contributed by atoms with Gasteiger partial charge >= 0.3 is 0 Å². The van der Waals surface area contributed by atoms with Crippen LogP contribution in [0.2, 0.25) is 0 Å². The third kappa shape index (κ3) is 4.42. The number of phenolic OH excluding ortho intramolecular Hbond substituents is 1. The van der Waals surface area contributed by atoms with Crippen LogP contribution >= 0.6 is 0 Å². The van der Waals surface area contributed by atoms with E-state index in [1.165, 1.54) is 25.2 Å². The van der Waals surface area contributed by atoms with Gasteiger partial charge < -0.3 is 20.2 Å². The number of carbonyl (C=O) groups excluding carboxylic acids is 2. The lowest BCUT2D eigenvalue weighted by atomic mass is 9.97. The van der Waals surface area contributed by atoms with E-state index in [-0.39, 0.29) is 23.1 Å². The predicted molar refractivity (Wildman–Crippen MR) is 147 cm³/mol. The van der Waals surface area contributed by atoms with Crippen molar-refractivity contribution in [2.24, 2.45) is 0 Å². The number of benzene rings is 4. The van der Waals surface area contributed by atoms with Crippen molar-refractivity contribution >= 4 is 22.8 Å². The minimum absolute atomic E-state index is 0.00107. The molecule has 194 valence electrons. The summed E-state index contributed by atoms with van der Waals surface area (Å²) < 4.78 is 19.5. The average molecular weight is 521 g/mol. The minimum atomic E-state index is -0.394. The molecule has 0 aliphatic heterocycles. The van der Waals surface area contributed by atoms with E-state index in [1.807, 2.05) is 30.3 Å². The molecule has 1 aliphatic carbocycles. The molecule has 4 aromatic carbocycles. The topological polar surface area (TPSA) is 91.6 Å². The van der Waals surface area contributed by atoms with E-state index in [0.717, 1.165) is 18.4 Å². The van der Waals surface area contributed by atoms with Gasteiger partial charge in [-0.05, 0) is 78.6 Å². The Bertz CT molecular complexity index is 1720. The van der Waals surface area contributed by atoms with Crippen LogP contribution < -0.4 is 10.6 Å². The summed E-state index contributed by atoms with van der Waals surface area (Å²) in [4.78, 5) is 26.2. The van der Waals surface area contributed by atoms with Crippen molar-refractivity contribution in [1.29, 1.82) is 0 Å². The third-order valence-electron chi connectivity index (χ3n) is 7.25. The number of furan rings is 1. The van der Waals surface area contributed by atoms with Crippen LogP contribution in [-0.4, -0.2) is 24.0 Å². The molecule has 3 N–H and O–H groups in total. The molecule has 1 aromatic heterocycles. The number of hydrogen-bond acceptors (Lipinski definition) is 4. The van der Waals surface area contributed by atoms with Crippen LogP contribution in [0.3, 0.4) is 0 Å². The maximum Gasteiger partial charge on any atom is 0.255 e. The van der Waals surface area contributed by atoms with E-state index >= 15 is 0 Å². The van der Waals surface area contributed by atoms with Gasteiger partial charge in [0.25, 0.3) is 11.8 Å². The number of hydrogen-bond donors (Lipinski definition) is 3. The van der Waals surface area contributed by atoms with Crippen molar-refractivity contribution in [3.05, 3.63) is 114 Å². The third-order valence-corrected chi connectivity index (χ3v) is 7.25. The average Bonchev–Trinajstić information content (AvgIpc) is 3.65. The van der Waals surface area contributed by atoms with E-state index < -0.39 is 5.82 Å². The lowest BCUT2D eigenvalue weighted by Gasteiger charge is -2.18. The first-order chi connectivity index (χ1) is 18.9. The van der Waals surface area contributed by atoms with Crippen molar-refractivity contribution < 1.29 is 23.5 Å². The van der Waals surface area contributed by atoms with Crippen LogP contribution in [0.5, 0.6) is 5.75 Å². The molecule has 0 radical (unpaired) electrons. The van der Waals surface area contributed by atoms with Gasteiger partial charge in [-0.25, -0.2) is 4.39 Å². The van der Waals surface area contributed by atoms with E-state index in [9.17, 15) is 19.1 Å². The fourth-order valence-electron chi connectivity index (χ4n) is 4.99. The molecule has 1 aliphatic rings. The van der Waals surface area contributed by atoms with E-state index in [2.05, 4.69) is 10.6 Å². The molecular weight excluding hydrogens is 495 g/mol. The summed E-state index contributed by atoms with van der Waals surface area (Å²) in [5, 5.41) is 17.1. The van der Waals surface area contributed by atoms with Gasteiger partial charge in [-0.2, -0.15) is 0 Å². The van der Waals surface area contributed by atoms with Crippen molar-refractivity contribution in [2.75, 3.05) is 7.05 Å². The fraction of sp³-hybridized carbons (Fsp3) is 0.125. The maximum absolute atomic E-state index is 13.5. The largest absolute Gasteiger partial charge is 0.507 e. The molecule has 1 heterocycles. The summed E-state index contributed by atoms with van der Waals surface area (Å²) >= 11 is 0. The highest BCUT2D eigenvalue weighted by Crippen LogP contribution is 2.46. The zero-order valence-electron chi connectivity index (χ0n) is 21.1. The van der Waals surface area contributed by atoms with Gasteiger partial charge in [0.1, 0.15) is 22.9 Å². The molecule has 6 nitrogen and oxygen atoms in total. The van der Waals surface area contributed by atoms with Gasteiger partial charge in [-0.15, -0.1) is 0 Å². The maximum atomic E-state index is 13.5. The Labute approximate surface area is 224 Å². The molecule has 1 fully saturated rings. The normalized spacial score (nSPS) is 13.7. The molecule has 0 spiro atoms. The van der Waals surface area contributed by atoms with E-state index in [0.29, 0.717) is 44.5 Å². The van der Waals surface area contributed by atoms with Gasteiger partial charge in [0, 0.05) is 29.1 Å². The van der Waals surface area contributed by atoms with Gasteiger partial charge in [0.15, 0.2) is 0 Å². The number of nitrogens with one attached hydrogen (secondary N) is 2. The summed E-state index contributed by atoms with van der Waals surface area (Å²) in [5.41, 5.74) is 3.48. The molecule has 0 bridgehead atoms. The van der Waals surface area contributed by atoms with Gasteiger partial charge in [0.2, 0.25) is 0 Å². The summed E-state index contributed by atoms with van der Waals surface area (Å²) in [6.45, 7) is 0. The predicted octanol–water partition coefficient (Wildman–Crippen LogP) is 6.39. The molecule has 6 rings (SSSR count). The lowest BCUT2D eigenvalue weighted by molar-refractivity contribution is 0.0929.